The Labute approximate surface area is 136 Å². The number of likely N-dealkylation sites (tertiary alicyclic amines) is 1. The molecule has 0 amide bonds. The fraction of sp³-hybridized carbons (Fsp3) is 0.562. The molecular weight excluding hydrogens is 292 g/mol. The van der Waals surface area contributed by atoms with Crippen molar-refractivity contribution in [3.63, 3.8) is 0 Å². The first-order valence-electron chi connectivity index (χ1n) is 8.07. The first kappa shape index (κ1) is 15.7. The zero-order valence-electron chi connectivity index (χ0n) is 13.8. The molecule has 0 saturated carbocycles. The minimum absolute atomic E-state index is 0.456. The smallest absolute Gasteiger partial charge is 0.218 e. The highest BCUT2D eigenvalue weighted by molar-refractivity contribution is 5.38. The molecule has 1 aliphatic heterocycles. The summed E-state index contributed by atoms with van der Waals surface area (Å²) in [6, 6.07) is 2.30. The van der Waals surface area contributed by atoms with Crippen molar-refractivity contribution in [3.8, 4) is 5.88 Å². The lowest BCUT2D eigenvalue weighted by atomic mass is 10.1. The molecule has 0 unspecified atom stereocenters. The number of nitrogens with zero attached hydrogens (tertiary/aromatic N) is 5. The molecule has 3 rings (SSSR count). The minimum atomic E-state index is 0.456. The molecular formula is C16H24N6O. The Balaban J connectivity index is 1.43. The molecule has 3 heterocycles. The van der Waals surface area contributed by atoms with Crippen LogP contribution in [0, 0.1) is 6.92 Å². The molecule has 0 radical (unpaired) electrons. The van der Waals surface area contributed by atoms with Gasteiger partial charge in [-0.2, -0.15) is 5.10 Å². The van der Waals surface area contributed by atoms with Crippen LogP contribution in [0.4, 0.5) is 5.82 Å². The second kappa shape index (κ2) is 7.41. The lowest BCUT2D eigenvalue weighted by molar-refractivity contribution is 0.209. The van der Waals surface area contributed by atoms with Crippen LogP contribution < -0.4 is 10.1 Å². The van der Waals surface area contributed by atoms with Crippen LogP contribution in [0.25, 0.3) is 0 Å². The van der Waals surface area contributed by atoms with Gasteiger partial charge in [-0.05, 0) is 25.3 Å². The first-order chi connectivity index (χ1) is 11.2. The summed E-state index contributed by atoms with van der Waals surface area (Å²) in [7, 11) is 1.62. The summed E-state index contributed by atoms with van der Waals surface area (Å²) in [5.41, 5.74) is 1.22. The third kappa shape index (κ3) is 4.41. The molecule has 1 N–H and O–H groups in total. The Bertz CT molecular complexity index is 621. The van der Waals surface area contributed by atoms with Gasteiger partial charge in [0, 0.05) is 37.9 Å². The van der Waals surface area contributed by atoms with Gasteiger partial charge in [0.25, 0.3) is 0 Å². The highest BCUT2D eigenvalue weighted by Gasteiger charge is 2.19. The Morgan fingerprint density at radius 3 is 2.78 bits per heavy atom. The molecule has 1 fully saturated rings. The van der Waals surface area contributed by atoms with Gasteiger partial charge in [0.05, 0.1) is 19.9 Å². The Kier molecular flexibility index (Phi) is 5.07. The maximum Gasteiger partial charge on any atom is 0.218 e. The van der Waals surface area contributed by atoms with E-state index in [1.807, 2.05) is 16.9 Å². The second-order valence-electron chi connectivity index (χ2n) is 5.99. The number of aryl methyl sites for hydroxylation is 1. The maximum atomic E-state index is 5.13. The number of anilines is 1. The van der Waals surface area contributed by atoms with Gasteiger partial charge in [-0.25, -0.2) is 9.97 Å². The van der Waals surface area contributed by atoms with E-state index in [2.05, 4.69) is 38.4 Å². The quantitative estimate of drug-likeness (QED) is 0.872. The summed E-state index contributed by atoms with van der Waals surface area (Å²) in [5.74, 6) is 1.43. The van der Waals surface area contributed by atoms with E-state index in [-0.39, 0.29) is 0 Å². The van der Waals surface area contributed by atoms with Gasteiger partial charge < -0.3 is 15.0 Å². The molecule has 7 heteroatoms. The van der Waals surface area contributed by atoms with E-state index in [0.717, 1.165) is 44.8 Å². The van der Waals surface area contributed by atoms with Crippen LogP contribution in [0.2, 0.25) is 0 Å². The van der Waals surface area contributed by atoms with E-state index in [0.29, 0.717) is 11.9 Å². The number of methoxy groups -OCH3 is 1. The summed E-state index contributed by atoms with van der Waals surface area (Å²) in [6.07, 6.45) is 7.76. The number of hydrogen-bond donors (Lipinski definition) is 1. The van der Waals surface area contributed by atoms with E-state index >= 15 is 0 Å². The Morgan fingerprint density at radius 1 is 1.26 bits per heavy atom. The monoisotopic (exact) mass is 316 g/mol. The van der Waals surface area contributed by atoms with Gasteiger partial charge in [0.1, 0.15) is 12.1 Å². The fourth-order valence-corrected chi connectivity index (χ4v) is 2.87. The summed E-state index contributed by atoms with van der Waals surface area (Å²) >= 11 is 0. The summed E-state index contributed by atoms with van der Waals surface area (Å²) in [5, 5.41) is 7.82. The largest absolute Gasteiger partial charge is 0.481 e. The van der Waals surface area contributed by atoms with Gasteiger partial charge in [0.2, 0.25) is 5.88 Å². The third-order valence-corrected chi connectivity index (χ3v) is 4.20. The average Bonchev–Trinajstić information content (AvgIpc) is 3.00. The number of nitrogens with one attached hydrogen (secondary N) is 1. The van der Waals surface area contributed by atoms with Crippen molar-refractivity contribution in [2.75, 3.05) is 32.1 Å². The molecule has 0 spiro atoms. The number of hydrogen-bond acceptors (Lipinski definition) is 6. The topological polar surface area (TPSA) is 68.1 Å². The molecule has 1 saturated heterocycles. The Morgan fingerprint density at radius 2 is 2.09 bits per heavy atom. The molecule has 7 nitrogen and oxygen atoms in total. The number of piperidine rings is 1. The predicted molar refractivity (Wildman–Crippen MR) is 88.6 cm³/mol. The SMILES string of the molecule is COc1cc(NC2CCN(CCn3cc(C)cn3)CC2)ncn1. The van der Waals surface area contributed by atoms with Gasteiger partial charge in [-0.3, -0.25) is 4.68 Å². The average molecular weight is 316 g/mol. The van der Waals surface area contributed by atoms with Gasteiger partial charge in [-0.1, -0.05) is 0 Å². The van der Waals surface area contributed by atoms with Crippen LogP contribution in [0.5, 0.6) is 5.88 Å². The van der Waals surface area contributed by atoms with Gasteiger partial charge in [0.15, 0.2) is 0 Å². The van der Waals surface area contributed by atoms with Crippen molar-refractivity contribution in [1.29, 1.82) is 0 Å². The van der Waals surface area contributed by atoms with Crippen LogP contribution in [0.1, 0.15) is 18.4 Å². The van der Waals surface area contributed by atoms with Crippen molar-refractivity contribution < 1.29 is 4.74 Å². The minimum Gasteiger partial charge on any atom is -0.481 e. The zero-order valence-corrected chi connectivity index (χ0v) is 13.8. The molecule has 1 aliphatic rings. The molecule has 0 atom stereocenters. The lowest BCUT2D eigenvalue weighted by Gasteiger charge is -2.32. The molecule has 0 bridgehead atoms. The van der Waals surface area contributed by atoms with Crippen molar-refractivity contribution in [3.05, 3.63) is 30.4 Å². The van der Waals surface area contributed by atoms with Crippen molar-refractivity contribution in [2.24, 2.45) is 0 Å². The summed E-state index contributed by atoms with van der Waals surface area (Å²) in [6.45, 7) is 6.27. The van der Waals surface area contributed by atoms with Gasteiger partial charge >= 0.3 is 0 Å². The van der Waals surface area contributed by atoms with E-state index < -0.39 is 0 Å². The molecule has 0 aromatic carbocycles. The van der Waals surface area contributed by atoms with Crippen molar-refractivity contribution in [1.82, 2.24) is 24.6 Å². The third-order valence-electron chi connectivity index (χ3n) is 4.20. The summed E-state index contributed by atoms with van der Waals surface area (Å²) < 4.78 is 7.15. The molecule has 23 heavy (non-hydrogen) atoms. The number of aromatic nitrogens is 4. The van der Waals surface area contributed by atoms with E-state index in [1.54, 1.807) is 7.11 Å². The predicted octanol–water partition coefficient (Wildman–Crippen LogP) is 1.57. The molecule has 124 valence electrons. The second-order valence-corrected chi connectivity index (χ2v) is 5.99. The lowest BCUT2D eigenvalue weighted by Crippen LogP contribution is -2.40. The fourth-order valence-electron chi connectivity index (χ4n) is 2.87. The maximum absolute atomic E-state index is 5.13. The molecule has 2 aromatic rings. The standard InChI is InChI=1S/C16H24N6O/c1-13-10-19-22(11-13)8-7-21-5-3-14(4-6-21)20-15-9-16(23-2)18-12-17-15/h9-12,14H,3-8H2,1-2H3,(H,17,18,20). The Hall–Kier alpha value is -2.15. The summed E-state index contributed by atoms with van der Waals surface area (Å²) in [4.78, 5) is 10.8. The molecule has 0 aliphatic carbocycles. The van der Waals surface area contributed by atoms with Crippen molar-refractivity contribution >= 4 is 5.82 Å². The zero-order chi connectivity index (χ0) is 16.1. The molecule has 2 aromatic heterocycles. The normalized spacial score (nSPS) is 16.4. The number of rotatable bonds is 6. The highest BCUT2D eigenvalue weighted by atomic mass is 16.5. The first-order valence-corrected chi connectivity index (χ1v) is 8.07. The van der Waals surface area contributed by atoms with Crippen LogP contribution in [-0.2, 0) is 6.54 Å². The highest BCUT2D eigenvalue weighted by Crippen LogP contribution is 2.17. The van der Waals surface area contributed by atoms with E-state index in [4.69, 9.17) is 4.74 Å². The van der Waals surface area contributed by atoms with Crippen LogP contribution >= 0.6 is 0 Å². The van der Waals surface area contributed by atoms with E-state index in [1.165, 1.54) is 11.9 Å². The van der Waals surface area contributed by atoms with Crippen LogP contribution in [0.3, 0.4) is 0 Å². The van der Waals surface area contributed by atoms with Gasteiger partial charge in [-0.15, -0.1) is 0 Å². The van der Waals surface area contributed by atoms with E-state index in [9.17, 15) is 0 Å². The van der Waals surface area contributed by atoms with Crippen LogP contribution in [-0.4, -0.2) is 57.4 Å². The van der Waals surface area contributed by atoms with Crippen molar-refractivity contribution in [2.45, 2.75) is 32.4 Å². The van der Waals surface area contributed by atoms with Crippen LogP contribution in [0.15, 0.2) is 24.8 Å². The number of ether oxygens (including phenoxy) is 1.